The minimum Gasteiger partial charge on any atom is -0.289 e. The van der Waals surface area contributed by atoms with Crippen LogP contribution >= 0.6 is 23.2 Å². The Hall–Kier alpha value is -1.60. The highest BCUT2D eigenvalue weighted by Gasteiger charge is 2.40. The highest BCUT2D eigenvalue weighted by molar-refractivity contribution is 7.87. The lowest BCUT2D eigenvalue weighted by atomic mass is 10.0. The third-order valence-corrected chi connectivity index (χ3v) is 5.62. The molecule has 0 aromatic heterocycles. The molecule has 0 spiro atoms. The van der Waals surface area contributed by atoms with Gasteiger partial charge in [-0.2, -0.15) is 0 Å². The smallest absolute Gasteiger partial charge is 0.245 e. The fourth-order valence-corrected chi connectivity index (χ4v) is 4.96. The Balaban J connectivity index is 2.14. The quantitative estimate of drug-likeness (QED) is 0.641. The van der Waals surface area contributed by atoms with Gasteiger partial charge >= 0.3 is 0 Å². The highest BCUT2D eigenvalue weighted by Crippen LogP contribution is 2.46. The lowest BCUT2D eigenvalue weighted by molar-refractivity contribution is -0.129. The van der Waals surface area contributed by atoms with Crippen LogP contribution in [0.2, 0.25) is 10.0 Å². The van der Waals surface area contributed by atoms with E-state index in [0.29, 0.717) is 26.2 Å². The second kappa shape index (κ2) is 6.49. The summed E-state index contributed by atoms with van der Waals surface area (Å²) in [6.07, 6.45) is -0.0918. The second-order valence-corrected chi connectivity index (χ2v) is 7.14. The molecule has 8 heteroatoms. The number of hydrogen-bond acceptors (Lipinski definition) is 3. The maximum atomic E-state index is 12.9. The molecule has 2 atom stereocenters. The van der Waals surface area contributed by atoms with Crippen LogP contribution < -0.4 is 9.79 Å². The molecule has 2 aromatic carbocycles. The number of halogens is 2. The minimum atomic E-state index is -1.55. The van der Waals surface area contributed by atoms with Crippen LogP contribution in [0.5, 0.6) is 0 Å². The molecule has 1 aliphatic rings. The van der Waals surface area contributed by atoms with Crippen LogP contribution in [0.15, 0.2) is 47.4 Å². The molecule has 0 saturated heterocycles. The number of carbonyl (C=O) groups excluding carboxylic acids is 1. The van der Waals surface area contributed by atoms with Gasteiger partial charge in [0.15, 0.2) is 11.0 Å². The molecule has 2 aromatic rings. The summed E-state index contributed by atoms with van der Waals surface area (Å²) in [5.41, 5.74) is 2.88. The zero-order valence-corrected chi connectivity index (χ0v) is 14.0. The van der Waals surface area contributed by atoms with E-state index in [2.05, 4.69) is 0 Å². The predicted molar refractivity (Wildman–Crippen MR) is 89.1 cm³/mol. The third-order valence-electron chi connectivity index (χ3n) is 3.55. The summed E-state index contributed by atoms with van der Waals surface area (Å²) < 4.78 is 14.5. The van der Waals surface area contributed by atoms with Gasteiger partial charge in [0, 0.05) is 15.6 Å². The summed E-state index contributed by atoms with van der Waals surface area (Å²) in [5.74, 6) is -0.591. The van der Waals surface area contributed by atoms with Crippen molar-refractivity contribution in [3.8, 4) is 0 Å². The SMILES string of the molecule is O=C(CC1c2c(Cl)cc(Cl)cc2S(=O)N1c1ccccc1)NO. The maximum absolute atomic E-state index is 12.9. The van der Waals surface area contributed by atoms with Crippen molar-refractivity contribution >= 4 is 45.8 Å². The zero-order valence-electron chi connectivity index (χ0n) is 11.7. The van der Waals surface area contributed by atoms with Crippen LogP contribution in [0.25, 0.3) is 0 Å². The Bertz CT molecular complexity index is 786. The van der Waals surface area contributed by atoms with Gasteiger partial charge in [0.25, 0.3) is 0 Å². The Kier molecular flexibility index (Phi) is 4.59. The molecule has 0 bridgehead atoms. The molecule has 0 radical (unpaired) electrons. The van der Waals surface area contributed by atoms with Crippen molar-refractivity contribution in [3.05, 3.63) is 58.1 Å². The van der Waals surface area contributed by atoms with Crippen molar-refractivity contribution in [1.82, 2.24) is 5.48 Å². The fraction of sp³-hybridized carbons (Fsp3) is 0.133. The van der Waals surface area contributed by atoms with Crippen molar-refractivity contribution in [2.24, 2.45) is 0 Å². The van der Waals surface area contributed by atoms with Crippen LogP contribution in [-0.4, -0.2) is 15.3 Å². The molecule has 2 N–H and O–H groups in total. The van der Waals surface area contributed by atoms with Crippen LogP contribution in [-0.2, 0) is 15.8 Å². The van der Waals surface area contributed by atoms with Crippen molar-refractivity contribution in [1.29, 1.82) is 0 Å². The highest BCUT2D eigenvalue weighted by atomic mass is 35.5. The summed E-state index contributed by atoms with van der Waals surface area (Å²) in [6.45, 7) is 0. The molecule has 120 valence electrons. The number of amides is 1. The number of nitrogens with one attached hydrogen (secondary N) is 1. The molecule has 1 heterocycles. The largest absolute Gasteiger partial charge is 0.289 e. The van der Waals surface area contributed by atoms with Crippen molar-refractivity contribution in [2.45, 2.75) is 17.4 Å². The van der Waals surface area contributed by atoms with Gasteiger partial charge in [-0.15, -0.1) is 0 Å². The molecule has 5 nitrogen and oxygen atoms in total. The number of fused-ring (bicyclic) bond motifs is 1. The van der Waals surface area contributed by atoms with Gasteiger partial charge in [0.1, 0.15) is 0 Å². The summed E-state index contributed by atoms with van der Waals surface area (Å²) in [5, 5.41) is 9.55. The van der Waals surface area contributed by atoms with Crippen LogP contribution in [0, 0.1) is 0 Å². The zero-order chi connectivity index (χ0) is 16.6. The van der Waals surface area contributed by atoms with Gasteiger partial charge in [-0.1, -0.05) is 41.4 Å². The second-order valence-electron chi connectivity index (χ2n) is 4.96. The minimum absolute atomic E-state index is 0.0918. The van der Waals surface area contributed by atoms with Gasteiger partial charge in [-0.3, -0.25) is 14.3 Å². The topological polar surface area (TPSA) is 69.6 Å². The Morgan fingerprint density at radius 1 is 1.26 bits per heavy atom. The van der Waals surface area contributed by atoms with Gasteiger partial charge in [-0.25, -0.2) is 9.69 Å². The van der Waals surface area contributed by atoms with E-state index in [1.165, 1.54) is 0 Å². The summed E-state index contributed by atoms with van der Waals surface area (Å²) in [4.78, 5) is 12.2. The Morgan fingerprint density at radius 3 is 2.61 bits per heavy atom. The Morgan fingerprint density at radius 2 is 1.96 bits per heavy atom. The summed E-state index contributed by atoms with van der Waals surface area (Å²) >= 11 is 12.3. The van der Waals surface area contributed by atoms with Crippen LogP contribution in [0.3, 0.4) is 0 Å². The molecule has 2 unspecified atom stereocenters. The molecule has 23 heavy (non-hydrogen) atoms. The monoisotopic (exact) mass is 370 g/mol. The number of hydroxylamine groups is 1. The van der Waals surface area contributed by atoms with Crippen LogP contribution in [0.1, 0.15) is 18.0 Å². The van der Waals surface area contributed by atoms with Gasteiger partial charge in [0.2, 0.25) is 5.91 Å². The fourth-order valence-electron chi connectivity index (χ4n) is 2.62. The average molecular weight is 371 g/mol. The van der Waals surface area contributed by atoms with Gasteiger partial charge < -0.3 is 0 Å². The van der Waals surface area contributed by atoms with E-state index >= 15 is 0 Å². The number of benzene rings is 2. The van der Waals surface area contributed by atoms with E-state index in [9.17, 15) is 9.00 Å². The number of carbonyl (C=O) groups is 1. The number of rotatable bonds is 3. The Labute approximate surface area is 145 Å². The van der Waals surface area contributed by atoms with Crippen molar-refractivity contribution in [2.75, 3.05) is 4.31 Å². The van der Waals surface area contributed by atoms with Gasteiger partial charge in [0.05, 0.1) is 23.0 Å². The predicted octanol–water partition coefficient (Wildman–Crippen LogP) is 3.47. The molecule has 1 aliphatic heterocycles. The number of hydrogen-bond donors (Lipinski definition) is 2. The third kappa shape index (κ3) is 2.95. The molecule has 0 saturated carbocycles. The average Bonchev–Trinajstić information content (AvgIpc) is 2.80. The first kappa shape index (κ1) is 16.3. The maximum Gasteiger partial charge on any atom is 0.245 e. The number of anilines is 1. The summed E-state index contributed by atoms with van der Waals surface area (Å²) in [7, 11) is -1.55. The first-order valence-corrected chi connectivity index (χ1v) is 8.57. The van der Waals surface area contributed by atoms with E-state index in [0.717, 1.165) is 0 Å². The molecule has 0 aliphatic carbocycles. The van der Waals surface area contributed by atoms with Crippen molar-refractivity contribution < 1.29 is 14.2 Å². The number of para-hydroxylation sites is 1. The molecular formula is C15H12Cl2N2O3S. The standard InChI is InChI=1S/C15H12Cl2N2O3S/c16-9-6-11(17)15-12(8-14(20)18-21)19(23(22)13(15)7-9)10-4-2-1-3-5-10/h1-7,12,21H,8H2,(H,18,20). The van der Waals surface area contributed by atoms with E-state index < -0.39 is 22.9 Å². The van der Waals surface area contributed by atoms with Crippen molar-refractivity contribution in [3.63, 3.8) is 0 Å². The van der Waals surface area contributed by atoms with E-state index in [1.807, 2.05) is 18.2 Å². The molecule has 0 fully saturated rings. The number of nitrogens with zero attached hydrogens (tertiary/aromatic N) is 1. The lowest BCUT2D eigenvalue weighted by Gasteiger charge is -2.25. The first-order chi connectivity index (χ1) is 11.0. The molecular weight excluding hydrogens is 359 g/mol. The molecule has 1 amide bonds. The lowest BCUT2D eigenvalue weighted by Crippen LogP contribution is -2.29. The first-order valence-electron chi connectivity index (χ1n) is 6.71. The van der Waals surface area contributed by atoms with Gasteiger partial charge in [-0.05, 0) is 24.3 Å². The normalized spacial score (nSPS) is 19.5. The summed E-state index contributed by atoms with van der Waals surface area (Å²) in [6, 6.07) is 11.6. The van der Waals surface area contributed by atoms with E-state index in [1.54, 1.807) is 34.1 Å². The molecule has 3 rings (SSSR count). The van der Waals surface area contributed by atoms with E-state index in [-0.39, 0.29) is 6.42 Å². The van der Waals surface area contributed by atoms with E-state index in [4.69, 9.17) is 28.4 Å². The van der Waals surface area contributed by atoms with Crippen LogP contribution in [0.4, 0.5) is 5.69 Å².